The van der Waals surface area contributed by atoms with Gasteiger partial charge in [-0.2, -0.15) is 0 Å². The van der Waals surface area contributed by atoms with Gasteiger partial charge >= 0.3 is 5.97 Å². The molecule has 0 bridgehead atoms. The van der Waals surface area contributed by atoms with E-state index in [1.54, 1.807) is 6.92 Å². The SMILES string of the molecule is CCOC(=O)[C@@H]1C[C@@]2(CO)C[C@H]2N1. The number of esters is 1. The molecule has 4 heteroatoms. The molecule has 1 heterocycles. The number of ether oxygens (including phenoxy) is 1. The molecule has 2 rings (SSSR count). The number of fused-ring (bicyclic) bond motifs is 1. The lowest BCUT2D eigenvalue weighted by molar-refractivity contribution is -0.145. The molecule has 0 amide bonds. The number of carbonyl (C=O) groups excluding carboxylic acids is 1. The average molecular weight is 185 g/mol. The van der Waals surface area contributed by atoms with Crippen molar-refractivity contribution in [3.8, 4) is 0 Å². The van der Waals surface area contributed by atoms with E-state index in [-0.39, 0.29) is 24.0 Å². The number of carbonyl (C=O) groups is 1. The molecule has 0 unspecified atom stereocenters. The van der Waals surface area contributed by atoms with Crippen molar-refractivity contribution in [2.45, 2.75) is 31.8 Å². The summed E-state index contributed by atoms with van der Waals surface area (Å²) < 4.78 is 4.90. The second-order valence-electron chi connectivity index (χ2n) is 3.95. The molecule has 3 atom stereocenters. The maximum absolute atomic E-state index is 11.3. The lowest BCUT2D eigenvalue weighted by Gasteiger charge is -2.13. The smallest absolute Gasteiger partial charge is 0.323 e. The van der Waals surface area contributed by atoms with Gasteiger partial charge in [0.05, 0.1) is 13.2 Å². The molecule has 0 aromatic carbocycles. The van der Waals surface area contributed by atoms with E-state index in [9.17, 15) is 4.79 Å². The van der Waals surface area contributed by atoms with E-state index < -0.39 is 0 Å². The highest BCUT2D eigenvalue weighted by Crippen LogP contribution is 2.54. The van der Waals surface area contributed by atoms with Crippen molar-refractivity contribution in [3.05, 3.63) is 0 Å². The first-order chi connectivity index (χ1) is 6.22. The van der Waals surface area contributed by atoms with Crippen molar-refractivity contribution in [1.82, 2.24) is 5.32 Å². The lowest BCUT2D eigenvalue weighted by atomic mass is 10.0. The van der Waals surface area contributed by atoms with E-state index in [0.717, 1.165) is 12.8 Å². The Labute approximate surface area is 77.3 Å². The molecule has 1 aliphatic heterocycles. The average Bonchev–Trinajstić information content (AvgIpc) is 2.70. The quantitative estimate of drug-likeness (QED) is 0.591. The fourth-order valence-electron chi connectivity index (χ4n) is 2.15. The first kappa shape index (κ1) is 8.97. The number of hydrogen-bond donors (Lipinski definition) is 2. The molecule has 74 valence electrons. The van der Waals surface area contributed by atoms with Gasteiger partial charge in [0.1, 0.15) is 6.04 Å². The Kier molecular flexibility index (Phi) is 2.04. The van der Waals surface area contributed by atoms with E-state index in [0.29, 0.717) is 12.6 Å². The van der Waals surface area contributed by atoms with E-state index in [1.807, 2.05) is 0 Å². The molecule has 2 fully saturated rings. The van der Waals surface area contributed by atoms with Crippen LogP contribution >= 0.6 is 0 Å². The Morgan fingerprint density at radius 2 is 2.46 bits per heavy atom. The summed E-state index contributed by atoms with van der Waals surface area (Å²) in [4.78, 5) is 11.3. The Balaban J connectivity index is 1.89. The summed E-state index contributed by atoms with van der Waals surface area (Å²) >= 11 is 0. The van der Waals surface area contributed by atoms with Gasteiger partial charge in [-0.25, -0.2) is 0 Å². The van der Waals surface area contributed by atoms with Crippen LogP contribution in [0.15, 0.2) is 0 Å². The zero-order chi connectivity index (χ0) is 9.47. The Bertz CT molecular complexity index is 227. The minimum Gasteiger partial charge on any atom is -0.465 e. The number of piperidine rings is 1. The Hall–Kier alpha value is -0.610. The monoisotopic (exact) mass is 185 g/mol. The second kappa shape index (κ2) is 2.96. The van der Waals surface area contributed by atoms with Gasteiger partial charge in [-0.05, 0) is 19.8 Å². The summed E-state index contributed by atoms with van der Waals surface area (Å²) in [5.41, 5.74) is -0.00255. The van der Waals surface area contributed by atoms with Crippen LogP contribution in [0.4, 0.5) is 0 Å². The van der Waals surface area contributed by atoms with Crippen molar-refractivity contribution in [1.29, 1.82) is 0 Å². The highest BCUT2D eigenvalue weighted by molar-refractivity contribution is 5.77. The molecular formula is C9H15NO3. The second-order valence-corrected chi connectivity index (χ2v) is 3.95. The fourth-order valence-corrected chi connectivity index (χ4v) is 2.15. The molecule has 1 aliphatic carbocycles. The highest BCUT2D eigenvalue weighted by Gasteiger charge is 2.61. The van der Waals surface area contributed by atoms with Crippen LogP contribution < -0.4 is 5.32 Å². The highest BCUT2D eigenvalue weighted by atomic mass is 16.5. The zero-order valence-electron chi connectivity index (χ0n) is 7.75. The predicted molar refractivity (Wildman–Crippen MR) is 46.1 cm³/mol. The normalized spacial score (nSPS) is 41.4. The molecule has 0 spiro atoms. The van der Waals surface area contributed by atoms with Crippen LogP contribution in [0.25, 0.3) is 0 Å². The van der Waals surface area contributed by atoms with Gasteiger partial charge in [0.2, 0.25) is 0 Å². The van der Waals surface area contributed by atoms with Crippen molar-refractivity contribution in [2.75, 3.05) is 13.2 Å². The third-order valence-corrected chi connectivity index (χ3v) is 3.09. The van der Waals surface area contributed by atoms with E-state index in [4.69, 9.17) is 9.84 Å². The minimum absolute atomic E-state index is 0.00255. The molecular weight excluding hydrogens is 170 g/mol. The molecule has 13 heavy (non-hydrogen) atoms. The molecule has 2 N–H and O–H groups in total. The summed E-state index contributed by atoms with van der Waals surface area (Å²) in [5, 5.41) is 12.3. The molecule has 4 nitrogen and oxygen atoms in total. The number of nitrogens with one attached hydrogen (secondary N) is 1. The fraction of sp³-hybridized carbons (Fsp3) is 0.889. The lowest BCUT2D eigenvalue weighted by Crippen LogP contribution is -2.35. The standard InChI is InChI=1S/C9H15NO3/c1-2-13-8(12)6-3-9(5-11)4-7(9)10-6/h6-7,10-11H,2-5H2,1H3/t6-,7+,9-/m0/s1. The largest absolute Gasteiger partial charge is 0.465 e. The molecule has 0 aromatic heterocycles. The first-order valence-corrected chi connectivity index (χ1v) is 4.75. The molecule has 2 aliphatic rings. The zero-order valence-corrected chi connectivity index (χ0v) is 7.75. The summed E-state index contributed by atoms with van der Waals surface area (Å²) in [6.07, 6.45) is 1.73. The molecule has 1 saturated heterocycles. The van der Waals surface area contributed by atoms with Crippen molar-refractivity contribution < 1.29 is 14.6 Å². The minimum atomic E-state index is -0.189. The summed E-state index contributed by atoms with van der Waals surface area (Å²) in [5.74, 6) is -0.178. The van der Waals surface area contributed by atoms with Crippen LogP contribution in [-0.2, 0) is 9.53 Å². The van der Waals surface area contributed by atoms with Gasteiger partial charge in [-0.3, -0.25) is 4.79 Å². The van der Waals surface area contributed by atoms with Crippen molar-refractivity contribution in [3.63, 3.8) is 0 Å². The van der Waals surface area contributed by atoms with E-state index in [1.165, 1.54) is 0 Å². The third-order valence-electron chi connectivity index (χ3n) is 3.09. The Morgan fingerprint density at radius 3 is 3.00 bits per heavy atom. The van der Waals surface area contributed by atoms with Crippen molar-refractivity contribution in [2.24, 2.45) is 5.41 Å². The number of aliphatic hydroxyl groups excluding tert-OH is 1. The van der Waals surface area contributed by atoms with Gasteiger partial charge in [-0.1, -0.05) is 0 Å². The van der Waals surface area contributed by atoms with Crippen LogP contribution in [0.5, 0.6) is 0 Å². The maximum atomic E-state index is 11.3. The predicted octanol–water partition coefficient (Wildman–Crippen LogP) is -0.338. The van der Waals surface area contributed by atoms with Crippen LogP contribution in [0, 0.1) is 5.41 Å². The van der Waals surface area contributed by atoms with E-state index in [2.05, 4.69) is 5.32 Å². The van der Waals surface area contributed by atoms with Crippen LogP contribution in [0.2, 0.25) is 0 Å². The van der Waals surface area contributed by atoms with Crippen LogP contribution in [0.1, 0.15) is 19.8 Å². The number of rotatable bonds is 3. The third kappa shape index (κ3) is 1.34. The van der Waals surface area contributed by atoms with Gasteiger partial charge in [0.25, 0.3) is 0 Å². The molecule has 0 radical (unpaired) electrons. The van der Waals surface area contributed by atoms with Gasteiger partial charge < -0.3 is 15.2 Å². The molecule has 0 aromatic rings. The number of hydrogen-bond acceptors (Lipinski definition) is 4. The van der Waals surface area contributed by atoms with Gasteiger partial charge in [0, 0.05) is 11.5 Å². The van der Waals surface area contributed by atoms with Crippen molar-refractivity contribution >= 4 is 5.97 Å². The number of aliphatic hydroxyl groups is 1. The van der Waals surface area contributed by atoms with Crippen LogP contribution in [0.3, 0.4) is 0 Å². The summed E-state index contributed by atoms with van der Waals surface area (Å²) in [6, 6.07) is 0.151. The Morgan fingerprint density at radius 1 is 1.69 bits per heavy atom. The molecule has 1 saturated carbocycles. The van der Waals surface area contributed by atoms with E-state index >= 15 is 0 Å². The topological polar surface area (TPSA) is 58.6 Å². The van der Waals surface area contributed by atoms with Crippen LogP contribution in [-0.4, -0.2) is 36.4 Å². The summed E-state index contributed by atoms with van der Waals surface area (Å²) in [6.45, 7) is 2.41. The van der Waals surface area contributed by atoms with Gasteiger partial charge in [0.15, 0.2) is 0 Å². The summed E-state index contributed by atoms with van der Waals surface area (Å²) in [7, 11) is 0. The first-order valence-electron chi connectivity index (χ1n) is 4.75. The maximum Gasteiger partial charge on any atom is 0.323 e. The van der Waals surface area contributed by atoms with Gasteiger partial charge in [-0.15, -0.1) is 0 Å².